The Kier molecular flexibility index (Phi) is 4.11. The Bertz CT molecular complexity index is 612. The molecular weight excluding hydrogens is 260 g/mol. The maximum atomic E-state index is 6.44. The van der Waals surface area contributed by atoms with Crippen LogP contribution in [0.5, 0.6) is 5.75 Å². The second-order valence-corrected chi connectivity index (χ2v) is 5.53. The fraction of sp³-hybridized carbons (Fsp3) is 0.333. The largest absolute Gasteiger partial charge is 0.496 e. The molecule has 0 saturated heterocycles. The highest BCUT2D eigenvalue weighted by Crippen LogP contribution is 2.30. The summed E-state index contributed by atoms with van der Waals surface area (Å²) in [7, 11) is 1.70. The molecular formula is C18H22N2O. The first-order chi connectivity index (χ1) is 10.3. The first kappa shape index (κ1) is 14.0. The molecule has 0 spiro atoms. The third-order valence-electron chi connectivity index (χ3n) is 4.16. The van der Waals surface area contributed by atoms with Crippen molar-refractivity contribution in [3.63, 3.8) is 0 Å². The normalized spacial score (nSPS) is 15.4. The van der Waals surface area contributed by atoms with Crippen LogP contribution in [0.1, 0.15) is 23.6 Å². The summed E-state index contributed by atoms with van der Waals surface area (Å²) in [6.45, 7) is 1.89. The molecule has 0 amide bonds. The molecule has 1 heterocycles. The monoisotopic (exact) mass is 282 g/mol. The van der Waals surface area contributed by atoms with Gasteiger partial charge in [-0.2, -0.15) is 0 Å². The molecule has 0 bridgehead atoms. The number of nitrogens with two attached hydrogens (primary N) is 1. The van der Waals surface area contributed by atoms with E-state index in [0.717, 1.165) is 30.8 Å². The molecule has 110 valence electrons. The molecule has 0 aromatic heterocycles. The summed E-state index contributed by atoms with van der Waals surface area (Å²) in [6.07, 6.45) is 2.35. The van der Waals surface area contributed by atoms with E-state index in [1.807, 2.05) is 18.2 Å². The van der Waals surface area contributed by atoms with Crippen molar-refractivity contribution in [2.45, 2.75) is 18.9 Å². The molecule has 3 heteroatoms. The number of aryl methyl sites for hydroxylation is 1. The van der Waals surface area contributed by atoms with E-state index in [2.05, 4.69) is 35.2 Å². The lowest BCUT2D eigenvalue weighted by molar-refractivity contribution is 0.405. The lowest BCUT2D eigenvalue weighted by atomic mass is 9.99. The molecule has 2 aromatic rings. The van der Waals surface area contributed by atoms with Gasteiger partial charge in [-0.05, 0) is 30.5 Å². The number of methoxy groups -OCH3 is 1. The molecule has 3 rings (SSSR count). The van der Waals surface area contributed by atoms with Crippen LogP contribution in [-0.4, -0.2) is 20.2 Å². The van der Waals surface area contributed by atoms with Gasteiger partial charge >= 0.3 is 0 Å². The van der Waals surface area contributed by atoms with Gasteiger partial charge in [0.2, 0.25) is 0 Å². The van der Waals surface area contributed by atoms with Crippen molar-refractivity contribution in [2.75, 3.05) is 25.1 Å². The van der Waals surface area contributed by atoms with Gasteiger partial charge in [0, 0.05) is 24.3 Å². The van der Waals surface area contributed by atoms with E-state index >= 15 is 0 Å². The second kappa shape index (κ2) is 6.19. The zero-order valence-electron chi connectivity index (χ0n) is 12.5. The molecule has 0 saturated carbocycles. The zero-order chi connectivity index (χ0) is 14.7. The van der Waals surface area contributed by atoms with Crippen LogP contribution in [-0.2, 0) is 6.42 Å². The third-order valence-corrected chi connectivity index (χ3v) is 4.16. The van der Waals surface area contributed by atoms with E-state index in [1.165, 1.54) is 17.7 Å². The number of ether oxygens (including phenoxy) is 1. The number of rotatable bonds is 4. The predicted molar refractivity (Wildman–Crippen MR) is 86.9 cm³/mol. The van der Waals surface area contributed by atoms with E-state index in [9.17, 15) is 0 Å². The molecule has 2 aromatic carbocycles. The highest BCUT2D eigenvalue weighted by Gasteiger charge is 2.20. The van der Waals surface area contributed by atoms with Crippen LogP contribution in [0.2, 0.25) is 0 Å². The summed E-state index contributed by atoms with van der Waals surface area (Å²) >= 11 is 0. The van der Waals surface area contributed by atoms with E-state index in [1.54, 1.807) is 7.11 Å². The van der Waals surface area contributed by atoms with Crippen molar-refractivity contribution in [1.82, 2.24) is 0 Å². The minimum absolute atomic E-state index is 0.0488. The Morgan fingerprint density at radius 3 is 2.76 bits per heavy atom. The Labute approximate surface area is 126 Å². The van der Waals surface area contributed by atoms with Gasteiger partial charge in [0.1, 0.15) is 5.75 Å². The standard InChI is InChI=1S/C18H22N2O/c1-21-18-11-5-3-9-15(18)16(19)13-20-12-6-8-14-7-2-4-10-17(14)20/h2-5,7,9-11,16H,6,8,12-13,19H2,1H3. The molecule has 0 radical (unpaired) electrons. The van der Waals surface area contributed by atoms with E-state index in [-0.39, 0.29) is 6.04 Å². The van der Waals surface area contributed by atoms with E-state index in [4.69, 9.17) is 10.5 Å². The van der Waals surface area contributed by atoms with Gasteiger partial charge in [0.15, 0.2) is 0 Å². The summed E-state index contributed by atoms with van der Waals surface area (Å²) in [5, 5.41) is 0. The van der Waals surface area contributed by atoms with Gasteiger partial charge in [-0.15, -0.1) is 0 Å². The highest BCUT2D eigenvalue weighted by atomic mass is 16.5. The van der Waals surface area contributed by atoms with Crippen LogP contribution >= 0.6 is 0 Å². The molecule has 2 N–H and O–H groups in total. The zero-order valence-corrected chi connectivity index (χ0v) is 12.5. The van der Waals surface area contributed by atoms with Gasteiger partial charge in [0.05, 0.1) is 13.2 Å². The molecule has 1 unspecified atom stereocenters. The third kappa shape index (κ3) is 2.88. The van der Waals surface area contributed by atoms with Gasteiger partial charge in [-0.1, -0.05) is 36.4 Å². The first-order valence-electron chi connectivity index (χ1n) is 7.51. The van der Waals surface area contributed by atoms with Crippen molar-refractivity contribution < 1.29 is 4.74 Å². The molecule has 1 atom stereocenters. The molecule has 1 aliphatic rings. The number of anilines is 1. The lowest BCUT2D eigenvalue weighted by Crippen LogP contribution is -2.36. The first-order valence-corrected chi connectivity index (χ1v) is 7.51. The fourth-order valence-corrected chi connectivity index (χ4v) is 3.11. The summed E-state index contributed by atoms with van der Waals surface area (Å²) in [5.74, 6) is 0.871. The highest BCUT2D eigenvalue weighted by molar-refractivity contribution is 5.55. The Morgan fingerprint density at radius 2 is 1.90 bits per heavy atom. The van der Waals surface area contributed by atoms with Crippen LogP contribution in [0.4, 0.5) is 5.69 Å². The van der Waals surface area contributed by atoms with Crippen molar-refractivity contribution >= 4 is 5.69 Å². The van der Waals surface area contributed by atoms with Gasteiger partial charge in [-0.3, -0.25) is 0 Å². The van der Waals surface area contributed by atoms with Crippen molar-refractivity contribution in [3.8, 4) is 5.75 Å². The Balaban J connectivity index is 1.81. The van der Waals surface area contributed by atoms with Crippen LogP contribution < -0.4 is 15.4 Å². The number of hydrogen-bond donors (Lipinski definition) is 1. The average molecular weight is 282 g/mol. The number of hydrogen-bond acceptors (Lipinski definition) is 3. The minimum Gasteiger partial charge on any atom is -0.496 e. The maximum absolute atomic E-state index is 6.44. The van der Waals surface area contributed by atoms with Gasteiger partial charge < -0.3 is 15.4 Å². The van der Waals surface area contributed by atoms with Gasteiger partial charge in [0.25, 0.3) is 0 Å². The van der Waals surface area contributed by atoms with Crippen molar-refractivity contribution in [2.24, 2.45) is 5.73 Å². The summed E-state index contributed by atoms with van der Waals surface area (Å²) in [4.78, 5) is 2.40. The van der Waals surface area contributed by atoms with Crippen molar-refractivity contribution in [1.29, 1.82) is 0 Å². The van der Waals surface area contributed by atoms with E-state index < -0.39 is 0 Å². The second-order valence-electron chi connectivity index (χ2n) is 5.53. The number of nitrogens with zero attached hydrogens (tertiary/aromatic N) is 1. The van der Waals surface area contributed by atoms with Crippen LogP contribution in [0.3, 0.4) is 0 Å². The fourth-order valence-electron chi connectivity index (χ4n) is 3.11. The number of fused-ring (bicyclic) bond motifs is 1. The molecule has 1 aliphatic heterocycles. The topological polar surface area (TPSA) is 38.5 Å². The number of benzene rings is 2. The summed E-state index contributed by atoms with van der Waals surface area (Å²) in [5.41, 5.74) is 10.3. The quantitative estimate of drug-likeness (QED) is 0.936. The molecule has 0 aliphatic carbocycles. The molecule has 0 fully saturated rings. The van der Waals surface area contributed by atoms with E-state index in [0.29, 0.717) is 0 Å². The lowest BCUT2D eigenvalue weighted by Gasteiger charge is -2.33. The van der Waals surface area contributed by atoms with Crippen LogP contribution in [0.25, 0.3) is 0 Å². The maximum Gasteiger partial charge on any atom is 0.123 e. The Morgan fingerprint density at radius 1 is 1.14 bits per heavy atom. The predicted octanol–water partition coefficient (Wildman–Crippen LogP) is 3.15. The van der Waals surface area contributed by atoms with Crippen LogP contribution in [0, 0.1) is 0 Å². The summed E-state index contributed by atoms with van der Waals surface area (Å²) < 4.78 is 5.43. The number of para-hydroxylation sites is 2. The van der Waals surface area contributed by atoms with Crippen molar-refractivity contribution in [3.05, 3.63) is 59.7 Å². The van der Waals surface area contributed by atoms with Gasteiger partial charge in [-0.25, -0.2) is 0 Å². The molecule has 3 nitrogen and oxygen atoms in total. The Hall–Kier alpha value is -2.00. The average Bonchev–Trinajstić information content (AvgIpc) is 2.55. The minimum atomic E-state index is -0.0488. The molecule has 21 heavy (non-hydrogen) atoms. The SMILES string of the molecule is COc1ccccc1C(N)CN1CCCc2ccccc21. The smallest absolute Gasteiger partial charge is 0.123 e. The summed E-state index contributed by atoms with van der Waals surface area (Å²) in [6, 6.07) is 16.6. The van der Waals surface area contributed by atoms with Crippen LogP contribution in [0.15, 0.2) is 48.5 Å².